The second kappa shape index (κ2) is 7.24. The van der Waals surface area contributed by atoms with E-state index in [1.807, 2.05) is 41.3 Å². The van der Waals surface area contributed by atoms with Gasteiger partial charge in [0.25, 0.3) is 5.56 Å². The molecule has 1 saturated heterocycles. The first-order valence-electron chi connectivity index (χ1n) is 9.86. The van der Waals surface area contributed by atoms with E-state index in [1.54, 1.807) is 6.07 Å². The van der Waals surface area contributed by atoms with Crippen molar-refractivity contribution >= 4 is 16.7 Å². The molecule has 0 unspecified atom stereocenters. The van der Waals surface area contributed by atoms with Gasteiger partial charge in [-0.25, -0.2) is 5.10 Å². The predicted octanol–water partition coefficient (Wildman–Crippen LogP) is 2.60. The standard InChI is InChI=1S/C22H21N3O4/c26-21(13-17-15-4-1-2-5-16(15)22(27)24-23-17)25-9-3-6-18(25)14-7-8-19-20(12-14)29-11-10-28-19/h1-2,4-5,7-8,12,18H,3,6,9-11,13H2,(H,24,27)/t18-/m0/s1. The van der Waals surface area contributed by atoms with Crippen molar-refractivity contribution in [3.8, 4) is 11.5 Å². The fraction of sp³-hybridized carbons (Fsp3) is 0.318. The second-order valence-corrected chi connectivity index (χ2v) is 7.37. The van der Waals surface area contributed by atoms with Crippen LogP contribution in [0.25, 0.3) is 10.8 Å². The smallest absolute Gasteiger partial charge is 0.272 e. The van der Waals surface area contributed by atoms with Crippen LogP contribution in [0.1, 0.15) is 30.1 Å². The average molecular weight is 391 g/mol. The molecule has 5 rings (SSSR count). The maximum absolute atomic E-state index is 13.2. The number of nitrogens with zero attached hydrogens (tertiary/aromatic N) is 2. The summed E-state index contributed by atoms with van der Waals surface area (Å²) in [4.78, 5) is 27.1. The number of hydrogen-bond donors (Lipinski definition) is 1. The molecule has 29 heavy (non-hydrogen) atoms. The molecule has 2 aliphatic heterocycles. The molecule has 3 aromatic rings. The van der Waals surface area contributed by atoms with Gasteiger partial charge in [0.1, 0.15) is 13.2 Å². The molecule has 1 atom stereocenters. The lowest BCUT2D eigenvalue weighted by Crippen LogP contribution is -2.32. The largest absolute Gasteiger partial charge is 0.486 e. The van der Waals surface area contributed by atoms with Gasteiger partial charge < -0.3 is 14.4 Å². The molecule has 2 aromatic carbocycles. The lowest BCUT2D eigenvalue weighted by molar-refractivity contribution is -0.131. The number of nitrogens with one attached hydrogen (secondary N) is 1. The van der Waals surface area contributed by atoms with Crippen molar-refractivity contribution in [1.29, 1.82) is 0 Å². The Morgan fingerprint density at radius 2 is 1.90 bits per heavy atom. The molecule has 7 heteroatoms. The molecule has 148 valence electrons. The summed E-state index contributed by atoms with van der Waals surface area (Å²) in [6, 6.07) is 13.2. The van der Waals surface area contributed by atoms with Gasteiger partial charge in [0.2, 0.25) is 5.91 Å². The topological polar surface area (TPSA) is 84.5 Å². The van der Waals surface area contributed by atoms with Gasteiger partial charge in [-0.3, -0.25) is 9.59 Å². The Morgan fingerprint density at radius 3 is 2.76 bits per heavy atom. The lowest BCUT2D eigenvalue weighted by atomic mass is 10.0. The van der Waals surface area contributed by atoms with Crippen LogP contribution in [-0.4, -0.2) is 40.8 Å². The minimum Gasteiger partial charge on any atom is -0.486 e. The van der Waals surface area contributed by atoms with Crippen molar-refractivity contribution < 1.29 is 14.3 Å². The summed E-state index contributed by atoms with van der Waals surface area (Å²) in [7, 11) is 0. The highest BCUT2D eigenvalue weighted by molar-refractivity contribution is 5.88. The van der Waals surface area contributed by atoms with Crippen LogP contribution in [0.3, 0.4) is 0 Å². The molecule has 1 fully saturated rings. The quantitative estimate of drug-likeness (QED) is 0.742. The molecule has 0 radical (unpaired) electrons. The normalized spacial score (nSPS) is 18.2. The Kier molecular flexibility index (Phi) is 4.42. The van der Waals surface area contributed by atoms with Crippen LogP contribution >= 0.6 is 0 Å². The highest BCUT2D eigenvalue weighted by atomic mass is 16.6. The third-order valence-electron chi connectivity index (χ3n) is 5.62. The summed E-state index contributed by atoms with van der Waals surface area (Å²) in [5, 5.41) is 7.93. The Bertz CT molecular complexity index is 1140. The minimum absolute atomic E-state index is 0.00657. The number of carbonyl (C=O) groups is 1. The number of amides is 1. The van der Waals surface area contributed by atoms with Crippen molar-refractivity contribution in [3.63, 3.8) is 0 Å². The number of ether oxygens (including phenoxy) is 2. The van der Waals surface area contributed by atoms with Crippen molar-refractivity contribution in [2.45, 2.75) is 25.3 Å². The van der Waals surface area contributed by atoms with E-state index in [4.69, 9.17) is 9.47 Å². The zero-order valence-electron chi connectivity index (χ0n) is 15.9. The molecule has 2 aliphatic rings. The number of benzene rings is 2. The van der Waals surface area contributed by atoms with Crippen molar-refractivity contribution in [3.05, 3.63) is 64.1 Å². The van der Waals surface area contributed by atoms with Gasteiger partial charge in [-0.1, -0.05) is 24.3 Å². The molecule has 0 aliphatic carbocycles. The summed E-state index contributed by atoms with van der Waals surface area (Å²) >= 11 is 0. The van der Waals surface area contributed by atoms with E-state index in [0.29, 0.717) is 30.8 Å². The second-order valence-electron chi connectivity index (χ2n) is 7.37. The number of fused-ring (bicyclic) bond motifs is 2. The van der Waals surface area contributed by atoms with Crippen molar-refractivity contribution in [1.82, 2.24) is 15.1 Å². The van der Waals surface area contributed by atoms with Gasteiger partial charge in [-0.15, -0.1) is 0 Å². The Labute approximate surface area is 167 Å². The maximum atomic E-state index is 13.2. The molecule has 0 spiro atoms. The van der Waals surface area contributed by atoms with Crippen LogP contribution in [0, 0.1) is 0 Å². The predicted molar refractivity (Wildman–Crippen MR) is 107 cm³/mol. The van der Waals surface area contributed by atoms with E-state index >= 15 is 0 Å². The van der Waals surface area contributed by atoms with Crippen LogP contribution in [-0.2, 0) is 11.2 Å². The highest BCUT2D eigenvalue weighted by Crippen LogP contribution is 2.38. The Balaban J connectivity index is 1.41. The number of rotatable bonds is 3. The van der Waals surface area contributed by atoms with Gasteiger partial charge >= 0.3 is 0 Å². The van der Waals surface area contributed by atoms with Crippen LogP contribution in [0.15, 0.2) is 47.3 Å². The first kappa shape index (κ1) is 17.7. The van der Waals surface area contributed by atoms with E-state index < -0.39 is 0 Å². The van der Waals surface area contributed by atoms with E-state index in [0.717, 1.165) is 35.3 Å². The third-order valence-corrected chi connectivity index (χ3v) is 5.62. The monoisotopic (exact) mass is 391 g/mol. The van der Waals surface area contributed by atoms with Crippen LogP contribution in [0.2, 0.25) is 0 Å². The van der Waals surface area contributed by atoms with Gasteiger partial charge in [0.15, 0.2) is 11.5 Å². The number of aromatic nitrogens is 2. The molecule has 0 saturated carbocycles. The van der Waals surface area contributed by atoms with Crippen molar-refractivity contribution in [2.75, 3.05) is 19.8 Å². The number of hydrogen-bond acceptors (Lipinski definition) is 5. The summed E-state index contributed by atoms with van der Waals surface area (Å²) < 4.78 is 11.3. The van der Waals surface area contributed by atoms with Crippen LogP contribution in [0.4, 0.5) is 0 Å². The van der Waals surface area contributed by atoms with Crippen LogP contribution in [0.5, 0.6) is 11.5 Å². The zero-order valence-corrected chi connectivity index (χ0v) is 15.9. The average Bonchev–Trinajstić information content (AvgIpc) is 3.26. The zero-order chi connectivity index (χ0) is 19.8. The molecule has 1 aromatic heterocycles. The fourth-order valence-electron chi connectivity index (χ4n) is 4.23. The number of carbonyl (C=O) groups excluding carboxylic acids is 1. The number of H-pyrrole nitrogens is 1. The molecule has 1 amide bonds. The molecular formula is C22H21N3O4. The maximum Gasteiger partial charge on any atom is 0.272 e. The van der Waals surface area contributed by atoms with Gasteiger partial charge in [-0.05, 0) is 36.6 Å². The minimum atomic E-state index is -0.243. The van der Waals surface area contributed by atoms with Crippen LogP contribution < -0.4 is 15.0 Å². The van der Waals surface area contributed by atoms with Crippen molar-refractivity contribution in [2.24, 2.45) is 0 Å². The van der Waals surface area contributed by atoms with Gasteiger partial charge in [0, 0.05) is 11.9 Å². The van der Waals surface area contributed by atoms with Gasteiger partial charge in [0.05, 0.1) is 23.5 Å². The summed E-state index contributed by atoms with van der Waals surface area (Å²) in [5.41, 5.74) is 1.41. The SMILES string of the molecule is O=C(Cc1n[nH]c(=O)c2ccccc12)N1CCC[C@H]1c1ccc2c(c1)OCCO2. The third kappa shape index (κ3) is 3.22. The number of likely N-dealkylation sites (tertiary alicyclic amines) is 1. The van der Waals surface area contributed by atoms with E-state index in [9.17, 15) is 9.59 Å². The van der Waals surface area contributed by atoms with E-state index in [2.05, 4.69) is 10.2 Å². The first-order valence-corrected chi connectivity index (χ1v) is 9.86. The lowest BCUT2D eigenvalue weighted by Gasteiger charge is -2.27. The highest BCUT2D eigenvalue weighted by Gasteiger charge is 2.31. The fourth-order valence-corrected chi connectivity index (χ4v) is 4.23. The molecular weight excluding hydrogens is 370 g/mol. The van der Waals surface area contributed by atoms with E-state index in [-0.39, 0.29) is 23.9 Å². The molecule has 0 bridgehead atoms. The molecule has 3 heterocycles. The molecule has 1 N–H and O–H groups in total. The molecule has 7 nitrogen and oxygen atoms in total. The Hall–Kier alpha value is -3.35. The first-order chi connectivity index (χ1) is 14.2. The summed E-state index contributed by atoms with van der Waals surface area (Å²) in [6.45, 7) is 1.80. The summed E-state index contributed by atoms with van der Waals surface area (Å²) in [5.74, 6) is 1.49. The number of aromatic amines is 1. The Morgan fingerprint density at radius 1 is 1.10 bits per heavy atom. The van der Waals surface area contributed by atoms with Gasteiger partial charge in [-0.2, -0.15) is 5.10 Å². The summed E-state index contributed by atoms with van der Waals surface area (Å²) in [6.07, 6.45) is 2.01. The van der Waals surface area contributed by atoms with E-state index in [1.165, 1.54) is 0 Å².